The Bertz CT molecular complexity index is 822. The van der Waals surface area contributed by atoms with Crippen LogP contribution in [0.5, 0.6) is 0 Å². The molecule has 0 saturated heterocycles. The van der Waals surface area contributed by atoms with Gasteiger partial charge in [0.1, 0.15) is 0 Å². The van der Waals surface area contributed by atoms with Crippen molar-refractivity contribution in [2.75, 3.05) is 11.1 Å². The van der Waals surface area contributed by atoms with Crippen LogP contribution >= 0.6 is 34.5 Å². The highest BCUT2D eigenvalue weighted by Crippen LogP contribution is 2.25. The van der Waals surface area contributed by atoms with E-state index in [1.807, 2.05) is 6.92 Å². The predicted octanol–water partition coefficient (Wildman–Crippen LogP) is 3.67. The van der Waals surface area contributed by atoms with Crippen LogP contribution in [0.1, 0.15) is 30.1 Å². The Morgan fingerprint density at radius 1 is 1.30 bits per heavy atom. The quantitative estimate of drug-likeness (QED) is 0.756. The maximum Gasteiger partial charge on any atom is 0.259 e. The molecule has 1 N–H and O–H groups in total. The lowest BCUT2D eigenvalue weighted by molar-refractivity contribution is 0.102. The Kier molecular flexibility index (Phi) is 5.96. The Morgan fingerprint density at radius 2 is 2.04 bits per heavy atom. The van der Waals surface area contributed by atoms with E-state index >= 15 is 0 Å². The maximum atomic E-state index is 12.1. The van der Waals surface area contributed by atoms with Crippen LogP contribution in [0.4, 0.5) is 5.13 Å². The van der Waals surface area contributed by atoms with Gasteiger partial charge in [0.25, 0.3) is 5.91 Å². The average molecular weight is 394 g/mol. The van der Waals surface area contributed by atoms with Crippen molar-refractivity contribution in [2.24, 2.45) is 0 Å². The molecule has 1 amide bonds. The minimum absolute atomic E-state index is 0.00902. The zero-order chi connectivity index (χ0) is 17.0. The van der Waals surface area contributed by atoms with Gasteiger partial charge in [0.15, 0.2) is 0 Å². The van der Waals surface area contributed by atoms with Crippen LogP contribution in [0.25, 0.3) is 0 Å². The molecule has 0 aliphatic heterocycles. The third-order valence-electron chi connectivity index (χ3n) is 2.84. The topological polar surface area (TPSA) is 89.0 Å². The molecule has 0 saturated carbocycles. The van der Waals surface area contributed by atoms with Crippen LogP contribution in [-0.4, -0.2) is 30.3 Å². The number of carbonyl (C=O) groups is 1. The first-order valence-electron chi connectivity index (χ1n) is 6.66. The van der Waals surface area contributed by atoms with E-state index in [1.165, 1.54) is 18.2 Å². The molecule has 0 spiro atoms. The van der Waals surface area contributed by atoms with E-state index in [-0.39, 0.29) is 25.8 Å². The summed E-state index contributed by atoms with van der Waals surface area (Å²) in [4.78, 5) is 12.1. The van der Waals surface area contributed by atoms with E-state index in [4.69, 9.17) is 23.2 Å². The van der Waals surface area contributed by atoms with Gasteiger partial charge in [0, 0.05) is 5.02 Å². The molecule has 1 aromatic carbocycles. The van der Waals surface area contributed by atoms with Crippen LogP contribution < -0.4 is 5.32 Å². The fraction of sp³-hybridized carbons (Fsp3) is 0.308. The molecule has 0 unspecified atom stereocenters. The van der Waals surface area contributed by atoms with E-state index in [9.17, 15) is 13.2 Å². The number of halogens is 2. The van der Waals surface area contributed by atoms with Crippen LogP contribution in [0.3, 0.4) is 0 Å². The zero-order valence-electron chi connectivity index (χ0n) is 12.0. The lowest BCUT2D eigenvalue weighted by Crippen LogP contribution is -2.12. The fourth-order valence-electron chi connectivity index (χ4n) is 1.65. The second-order valence-electron chi connectivity index (χ2n) is 4.62. The molecule has 0 aliphatic rings. The molecule has 0 bridgehead atoms. The van der Waals surface area contributed by atoms with Crippen LogP contribution in [0, 0.1) is 0 Å². The van der Waals surface area contributed by atoms with Gasteiger partial charge in [0.2, 0.25) is 19.3 Å². The summed E-state index contributed by atoms with van der Waals surface area (Å²) in [5.41, 5.74) is 0.210. The van der Waals surface area contributed by atoms with Crippen molar-refractivity contribution in [2.45, 2.75) is 24.1 Å². The molecular formula is C13H13Cl2N3O3S2. The third kappa shape index (κ3) is 4.63. The number of nitrogens with zero attached hydrogens (tertiary/aromatic N) is 2. The molecule has 1 aromatic heterocycles. The van der Waals surface area contributed by atoms with Gasteiger partial charge in [-0.2, -0.15) is 0 Å². The molecule has 0 radical (unpaired) electrons. The van der Waals surface area contributed by atoms with Gasteiger partial charge in [-0.25, -0.2) is 8.42 Å². The summed E-state index contributed by atoms with van der Waals surface area (Å²) in [5, 5.41) is 10.5. The summed E-state index contributed by atoms with van der Waals surface area (Å²) < 4.78 is 23.9. The van der Waals surface area contributed by atoms with E-state index in [1.54, 1.807) is 0 Å². The second-order valence-corrected chi connectivity index (χ2v) is 8.73. The second kappa shape index (κ2) is 7.57. The van der Waals surface area contributed by atoms with Crippen molar-refractivity contribution in [3.63, 3.8) is 0 Å². The molecule has 124 valence electrons. The number of hydrogen-bond donors (Lipinski definition) is 1. The van der Waals surface area contributed by atoms with Crippen molar-refractivity contribution in [1.82, 2.24) is 10.2 Å². The van der Waals surface area contributed by atoms with Crippen molar-refractivity contribution >= 4 is 55.4 Å². The number of carbonyl (C=O) groups excluding carboxylic acids is 1. The van der Waals surface area contributed by atoms with Crippen LogP contribution in [0.15, 0.2) is 22.5 Å². The highest BCUT2D eigenvalue weighted by Gasteiger charge is 2.21. The molecule has 0 atom stereocenters. The van der Waals surface area contributed by atoms with Crippen molar-refractivity contribution in [1.29, 1.82) is 0 Å². The maximum absolute atomic E-state index is 12.1. The van der Waals surface area contributed by atoms with Crippen LogP contribution in [-0.2, 0) is 9.84 Å². The Labute approximate surface area is 147 Å². The van der Waals surface area contributed by atoms with Crippen molar-refractivity contribution < 1.29 is 13.2 Å². The summed E-state index contributed by atoms with van der Waals surface area (Å²) in [6, 6.07) is 4.45. The van der Waals surface area contributed by atoms with Crippen molar-refractivity contribution in [3.05, 3.63) is 33.8 Å². The molecule has 6 nitrogen and oxygen atoms in total. The summed E-state index contributed by atoms with van der Waals surface area (Å²) >= 11 is 12.5. The molecule has 1 heterocycles. The SMILES string of the molecule is CCCCS(=O)(=O)c1nnc(NC(=O)c2ccc(Cl)cc2Cl)s1. The minimum Gasteiger partial charge on any atom is -0.296 e. The summed E-state index contributed by atoms with van der Waals surface area (Å²) in [5.74, 6) is -0.505. The number of hydrogen-bond acceptors (Lipinski definition) is 6. The summed E-state index contributed by atoms with van der Waals surface area (Å²) in [6.45, 7) is 1.90. The molecular weight excluding hydrogens is 381 g/mol. The number of benzene rings is 1. The standard InChI is InChI=1S/C13H13Cl2N3O3S2/c1-2-3-6-23(20,21)13-18-17-12(22-13)16-11(19)9-5-4-8(14)7-10(9)15/h4-5,7H,2-3,6H2,1H3,(H,16,17,19). The monoisotopic (exact) mass is 393 g/mol. The van der Waals surface area contributed by atoms with Gasteiger partial charge in [-0.15, -0.1) is 10.2 Å². The third-order valence-corrected chi connectivity index (χ3v) is 6.47. The number of rotatable bonds is 6. The molecule has 2 aromatic rings. The first-order chi connectivity index (χ1) is 10.8. The smallest absolute Gasteiger partial charge is 0.259 e. The normalized spacial score (nSPS) is 11.4. The number of sulfone groups is 1. The molecule has 0 aliphatic carbocycles. The fourth-order valence-corrected chi connectivity index (χ4v) is 4.62. The molecule has 10 heteroatoms. The van der Waals surface area contributed by atoms with E-state index in [0.29, 0.717) is 11.4 Å². The number of nitrogens with one attached hydrogen (secondary N) is 1. The van der Waals surface area contributed by atoms with Crippen molar-refractivity contribution in [3.8, 4) is 0 Å². The van der Waals surface area contributed by atoms with Gasteiger partial charge in [0.05, 0.1) is 16.3 Å². The average Bonchev–Trinajstić information content (AvgIpc) is 2.94. The number of aromatic nitrogens is 2. The van der Waals surface area contributed by atoms with Gasteiger partial charge in [-0.3, -0.25) is 10.1 Å². The number of anilines is 1. The predicted molar refractivity (Wildman–Crippen MR) is 91.3 cm³/mol. The first kappa shape index (κ1) is 18.1. The van der Waals surface area contributed by atoms with E-state index in [2.05, 4.69) is 15.5 Å². The van der Waals surface area contributed by atoms with Gasteiger partial charge < -0.3 is 0 Å². The number of amides is 1. The van der Waals surface area contributed by atoms with Gasteiger partial charge >= 0.3 is 0 Å². The molecule has 0 fully saturated rings. The minimum atomic E-state index is -3.47. The van der Waals surface area contributed by atoms with E-state index < -0.39 is 15.7 Å². The van der Waals surface area contributed by atoms with E-state index in [0.717, 1.165) is 17.8 Å². The zero-order valence-corrected chi connectivity index (χ0v) is 15.2. The molecule has 2 rings (SSSR count). The van der Waals surface area contributed by atoms with Gasteiger partial charge in [-0.1, -0.05) is 47.9 Å². The highest BCUT2D eigenvalue weighted by molar-refractivity contribution is 7.93. The Morgan fingerprint density at radius 3 is 2.70 bits per heavy atom. The molecule has 23 heavy (non-hydrogen) atoms. The van der Waals surface area contributed by atoms with Crippen LogP contribution in [0.2, 0.25) is 10.0 Å². The Hall–Kier alpha value is -1.22. The summed E-state index contributed by atoms with van der Waals surface area (Å²) in [7, 11) is -3.47. The Balaban J connectivity index is 2.14. The first-order valence-corrected chi connectivity index (χ1v) is 9.88. The highest BCUT2D eigenvalue weighted by atomic mass is 35.5. The largest absolute Gasteiger partial charge is 0.296 e. The summed E-state index contributed by atoms with van der Waals surface area (Å²) in [6.07, 6.45) is 1.31. The van der Waals surface area contributed by atoms with Gasteiger partial charge in [-0.05, 0) is 24.6 Å². The lowest BCUT2D eigenvalue weighted by atomic mass is 10.2. The lowest BCUT2D eigenvalue weighted by Gasteiger charge is -2.03. The number of unbranched alkanes of at least 4 members (excludes halogenated alkanes) is 1.